The Balaban J connectivity index is 2.39. The van der Waals surface area contributed by atoms with Crippen LogP contribution in [0.4, 0.5) is 5.69 Å². The standard InChI is InChI=1S/C18H24NO4P/c1-5-23-24(21,17-12-8-15(9-13-17)19(2)3)18(20)14-6-10-16(22-4)11-7-14/h6-13,18,20H,5H2,1-4H3/t18-,24+/m1/s1. The molecule has 2 atom stereocenters. The van der Waals surface area contributed by atoms with Crippen molar-refractivity contribution in [3.63, 3.8) is 0 Å². The number of aliphatic hydroxyl groups is 1. The Hall–Kier alpha value is -1.81. The zero-order valence-electron chi connectivity index (χ0n) is 14.5. The fourth-order valence-electron chi connectivity index (χ4n) is 2.41. The second-order valence-corrected chi connectivity index (χ2v) is 8.03. The molecule has 0 bridgehead atoms. The summed E-state index contributed by atoms with van der Waals surface area (Å²) in [5, 5.41) is 11.2. The Kier molecular flexibility index (Phi) is 6.05. The quantitative estimate of drug-likeness (QED) is 0.777. The third kappa shape index (κ3) is 3.81. The molecular formula is C18H24NO4P. The normalized spacial score (nSPS) is 14.7. The van der Waals surface area contributed by atoms with Gasteiger partial charge in [0.1, 0.15) is 5.75 Å². The molecule has 2 rings (SSSR count). The van der Waals surface area contributed by atoms with Crippen LogP contribution in [0.2, 0.25) is 0 Å². The van der Waals surface area contributed by atoms with E-state index >= 15 is 0 Å². The molecule has 0 aliphatic carbocycles. The van der Waals surface area contributed by atoms with Gasteiger partial charge in [-0.15, -0.1) is 0 Å². The molecule has 0 aromatic heterocycles. The molecule has 24 heavy (non-hydrogen) atoms. The second kappa shape index (κ2) is 7.84. The Bertz CT molecular complexity index is 698. The first-order valence-corrected chi connectivity index (χ1v) is 9.46. The average Bonchev–Trinajstić information content (AvgIpc) is 2.61. The van der Waals surface area contributed by atoms with Crippen molar-refractivity contribution in [2.75, 3.05) is 32.7 Å². The van der Waals surface area contributed by atoms with Crippen molar-refractivity contribution in [3.05, 3.63) is 54.1 Å². The van der Waals surface area contributed by atoms with Gasteiger partial charge in [0.15, 0.2) is 5.85 Å². The molecule has 0 spiro atoms. The number of methoxy groups -OCH3 is 1. The van der Waals surface area contributed by atoms with Crippen LogP contribution in [0.1, 0.15) is 18.3 Å². The number of aliphatic hydroxyl groups excluding tert-OH is 1. The van der Waals surface area contributed by atoms with E-state index < -0.39 is 13.2 Å². The summed E-state index contributed by atoms with van der Waals surface area (Å²) in [5.74, 6) is -0.555. The molecule has 130 valence electrons. The maximum atomic E-state index is 13.4. The highest BCUT2D eigenvalue weighted by Gasteiger charge is 2.36. The predicted molar refractivity (Wildman–Crippen MR) is 97.6 cm³/mol. The molecule has 5 nitrogen and oxygen atoms in total. The van der Waals surface area contributed by atoms with Gasteiger partial charge in [0.2, 0.25) is 0 Å². The van der Waals surface area contributed by atoms with E-state index in [0.29, 0.717) is 16.6 Å². The third-order valence-corrected chi connectivity index (χ3v) is 6.38. The zero-order chi connectivity index (χ0) is 17.7. The lowest BCUT2D eigenvalue weighted by atomic mass is 10.2. The van der Waals surface area contributed by atoms with E-state index in [9.17, 15) is 9.67 Å². The maximum absolute atomic E-state index is 13.4. The number of benzene rings is 2. The van der Waals surface area contributed by atoms with Crippen LogP contribution in [0.5, 0.6) is 5.75 Å². The first-order valence-electron chi connectivity index (χ1n) is 7.76. The fraction of sp³-hybridized carbons (Fsp3) is 0.333. The van der Waals surface area contributed by atoms with Crippen LogP contribution in [-0.2, 0) is 9.09 Å². The van der Waals surface area contributed by atoms with E-state index in [4.69, 9.17) is 9.26 Å². The van der Waals surface area contributed by atoms with Gasteiger partial charge in [0.05, 0.1) is 13.7 Å². The molecule has 6 heteroatoms. The number of anilines is 1. The SMILES string of the molecule is CCO[P@@](=O)(c1ccc(N(C)C)cc1)[C@@H](O)c1ccc(OC)cc1. The largest absolute Gasteiger partial charge is 0.497 e. The molecule has 2 aromatic rings. The minimum Gasteiger partial charge on any atom is -0.497 e. The van der Waals surface area contributed by atoms with Crippen molar-refractivity contribution in [2.24, 2.45) is 0 Å². The molecule has 1 N–H and O–H groups in total. The number of nitrogens with zero attached hydrogens (tertiary/aromatic N) is 1. The number of hydrogen-bond acceptors (Lipinski definition) is 5. The van der Waals surface area contributed by atoms with Crippen LogP contribution < -0.4 is 14.9 Å². The summed E-state index contributed by atoms with van der Waals surface area (Å²) >= 11 is 0. The first-order chi connectivity index (χ1) is 11.4. The lowest BCUT2D eigenvalue weighted by molar-refractivity contribution is 0.218. The Labute approximate surface area is 143 Å². The smallest absolute Gasteiger partial charge is 0.264 e. The molecule has 0 saturated carbocycles. The molecule has 0 radical (unpaired) electrons. The minimum atomic E-state index is -3.46. The zero-order valence-corrected chi connectivity index (χ0v) is 15.4. The third-order valence-electron chi connectivity index (χ3n) is 3.78. The summed E-state index contributed by atoms with van der Waals surface area (Å²) in [6, 6.07) is 14.1. The van der Waals surface area contributed by atoms with Crippen molar-refractivity contribution < 1.29 is 18.9 Å². The van der Waals surface area contributed by atoms with Crippen LogP contribution in [0.15, 0.2) is 48.5 Å². The summed E-state index contributed by atoms with van der Waals surface area (Å²) in [6.07, 6.45) is 0. The molecule has 2 aromatic carbocycles. The monoisotopic (exact) mass is 349 g/mol. The highest BCUT2D eigenvalue weighted by Crippen LogP contribution is 2.57. The van der Waals surface area contributed by atoms with E-state index in [-0.39, 0.29) is 6.61 Å². The lowest BCUT2D eigenvalue weighted by Crippen LogP contribution is -2.16. The second-order valence-electron chi connectivity index (χ2n) is 5.57. The van der Waals surface area contributed by atoms with Crippen LogP contribution in [0.3, 0.4) is 0 Å². The average molecular weight is 349 g/mol. The van der Waals surface area contributed by atoms with Gasteiger partial charge in [-0.2, -0.15) is 0 Å². The maximum Gasteiger partial charge on any atom is 0.264 e. The molecule has 0 amide bonds. The minimum absolute atomic E-state index is 0.250. The molecular weight excluding hydrogens is 325 g/mol. The van der Waals surface area contributed by atoms with Crippen molar-refractivity contribution in [2.45, 2.75) is 12.8 Å². The molecule has 0 heterocycles. The topological polar surface area (TPSA) is 59.0 Å². The number of rotatable bonds is 7. The van der Waals surface area contributed by atoms with Gasteiger partial charge in [-0.3, -0.25) is 4.57 Å². The van der Waals surface area contributed by atoms with E-state index in [1.54, 1.807) is 50.4 Å². The Morgan fingerprint density at radius 2 is 1.67 bits per heavy atom. The van der Waals surface area contributed by atoms with E-state index in [1.165, 1.54) is 0 Å². The molecule has 0 saturated heterocycles. The molecule has 0 aliphatic rings. The van der Waals surface area contributed by atoms with Crippen molar-refractivity contribution in [3.8, 4) is 5.75 Å². The van der Waals surface area contributed by atoms with Crippen molar-refractivity contribution in [1.29, 1.82) is 0 Å². The highest BCUT2D eigenvalue weighted by molar-refractivity contribution is 7.67. The summed E-state index contributed by atoms with van der Waals surface area (Å²) in [7, 11) is 1.98. The van der Waals surface area contributed by atoms with Gasteiger partial charge in [0.25, 0.3) is 7.37 Å². The van der Waals surface area contributed by atoms with Crippen LogP contribution >= 0.6 is 7.37 Å². The summed E-state index contributed by atoms with van der Waals surface area (Å²) < 4.78 is 24.1. The summed E-state index contributed by atoms with van der Waals surface area (Å²) in [5.41, 5.74) is 1.52. The van der Waals surface area contributed by atoms with Crippen molar-refractivity contribution in [1.82, 2.24) is 0 Å². The number of ether oxygens (including phenoxy) is 1. The van der Waals surface area contributed by atoms with Gasteiger partial charge in [-0.05, 0) is 48.9 Å². The summed E-state index contributed by atoms with van der Waals surface area (Å²) in [6.45, 7) is 2.02. The van der Waals surface area contributed by atoms with E-state index in [2.05, 4.69) is 0 Å². The lowest BCUT2D eigenvalue weighted by Gasteiger charge is -2.24. The van der Waals surface area contributed by atoms with Gasteiger partial charge < -0.3 is 19.3 Å². The van der Waals surface area contributed by atoms with Gasteiger partial charge in [-0.25, -0.2) is 0 Å². The Morgan fingerprint density at radius 1 is 1.08 bits per heavy atom. The summed E-state index contributed by atoms with van der Waals surface area (Å²) in [4.78, 5) is 1.95. The highest BCUT2D eigenvalue weighted by atomic mass is 31.2. The Morgan fingerprint density at radius 3 is 2.12 bits per heavy atom. The molecule has 0 fully saturated rings. The number of hydrogen-bond donors (Lipinski definition) is 1. The molecule has 0 unspecified atom stereocenters. The van der Waals surface area contributed by atoms with Crippen LogP contribution in [-0.4, -0.2) is 32.9 Å². The molecule has 0 aliphatic heterocycles. The van der Waals surface area contributed by atoms with Gasteiger partial charge in [0, 0.05) is 25.1 Å². The van der Waals surface area contributed by atoms with Gasteiger partial charge in [-0.1, -0.05) is 12.1 Å². The van der Waals surface area contributed by atoms with Gasteiger partial charge >= 0.3 is 0 Å². The predicted octanol–water partition coefficient (Wildman–Crippen LogP) is 3.39. The van der Waals surface area contributed by atoms with Crippen LogP contribution in [0, 0.1) is 0 Å². The van der Waals surface area contributed by atoms with E-state index in [0.717, 1.165) is 5.69 Å². The van der Waals surface area contributed by atoms with E-state index in [1.807, 2.05) is 31.1 Å². The van der Waals surface area contributed by atoms with Crippen LogP contribution in [0.25, 0.3) is 0 Å². The van der Waals surface area contributed by atoms with Crippen molar-refractivity contribution >= 4 is 18.4 Å². The first kappa shape index (κ1) is 18.5. The fourth-order valence-corrected chi connectivity index (χ4v) is 4.49.